The van der Waals surface area contributed by atoms with Crippen LogP contribution in [0.5, 0.6) is 0 Å². The normalized spacial score (nSPS) is 29.6. The number of anilines is 1. The van der Waals surface area contributed by atoms with Crippen molar-refractivity contribution in [2.45, 2.75) is 82.0 Å². The quantitative estimate of drug-likeness (QED) is 0.283. The van der Waals surface area contributed by atoms with E-state index in [2.05, 4.69) is 16.0 Å². The molecule has 0 bridgehead atoms. The van der Waals surface area contributed by atoms with E-state index in [1.807, 2.05) is 20.8 Å². The van der Waals surface area contributed by atoms with E-state index in [0.29, 0.717) is 35.5 Å². The Balaban J connectivity index is 1.60. The summed E-state index contributed by atoms with van der Waals surface area (Å²) in [6.07, 6.45) is 0.770. The Morgan fingerprint density at radius 1 is 1.22 bits per heavy atom. The second-order valence-corrected chi connectivity index (χ2v) is 14.4. The molecule has 2 fully saturated rings. The SMILES string of the molecule is CC(C)(C)C[C@H]1N[C@@H](C(=O)N[C@H]2CC[C@@H](OP(=O)(O)O)C2)[C@H](c2cccc(Cl)c2F)[C@@]12C(=O)Nc1cc(Cl)ccc12. The number of benzene rings is 2. The third-order valence-corrected chi connectivity index (χ3v) is 9.34. The number of carbonyl (C=O) groups is 2. The van der Waals surface area contributed by atoms with E-state index >= 15 is 4.39 Å². The van der Waals surface area contributed by atoms with Gasteiger partial charge in [-0.25, -0.2) is 8.96 Å². The molecular formula is C28H33Cl2FN3O6P. The lowest BCUT2D eigenvalue weighted by molar-refractivity contribution is -0.124. The van der Waals surface area contributed by atoms with Crippen LogP contribution in [0.2, 0.25) is 10.0 Å². The van der Waals surface area contributed by atoms with Gasteiger partial charge in [0.1, 0.15) is 11.2 Å². The lowest BCUT2D eigenvalue weighted by Crippen LogP contribution is -2.49. The fourth-order valence-electron chi connectivity index (χ4n) is 6.80. The van der Waals surface area contributed by atoms with E-state index in [1.165, 1.54) is 6.07 Å². The number of amides is 2. The summed E-state index contributed by atoms with van der Waals surface area (Å²) in [7, 11) is -4.68. The van der Waals surface area contributed by atoms with Crippen LogP contribution in [0.25, 0.3) is 0 Å². The van der Waals surface area contributed by atoms with Gasteiger partial charge in [0.05, 0.1) is 17.2 Å². The molecule has 3 aliphatic rings. The number of phosphoric ester groups is 1. The van der Waals surface area contributed by atoms with Crippen LogP contribution in [0.15, 0.2) is 36.4 Å². The number of carbonyl (C=O) groups excluding carboxylic acids is 2. The van der Waals surface area contributed by atoms with Gasteiger partial charge in [-0.2, -0.15) is 0 Å². The first-order valence-corrected chi connectivity index (χ1v) is 15.7. The molecule has 1 aliphatic carbocycles. The van der Waals surface area contributed by atoms with Gasteiger partial charge in [-0.1, -0.05) is 62.2 Å². The molecule has 6 atom stereocenters. The summed E-state index contributed by atoms with van der Waals surface area (Å²) in [5, 5.41) is 9.62. The average Bonchev–Trinajstić information content (AvgIpc) is 3.49. The third-order valence-electron chi connectivity index (χ3n) is 8.24. The van der Waals surface area contributed by atoms with Gasteiger partial charge in [-0.3, -0.25) is 14.1 Å². The molecular weight excluding hydrogens is 595 g/mol. The molecule has 41 heavy (non-hydrogen) atoms. The second-order valence-electron chi connectivity index (χ2n) is 12.3. The molecule has 9 nitrogen and oxygen atoms in total. The van der Waals surface area contributed by atoms with Crippen LogP contribution in [-0.2, 0) is 24.1 Å². The van der Waals surface area contributed by atoms with Crippen LogP contribution >= 0.6 is 31.0 Å². The molecule has 222 valence electrons. The van der Waals surface area contributed by atoms with E-state index in [1.54, 1.807) is 30.3 Å². The molecule has 5 rings (SSSR count). The number of hydrogen-bond donors (Lipinski definition) is 5. The smallest absolute Gasteiger partial charge is 0.352 e. The predicted molar refractivity (Wildman–Crippen MR) is 153 cm³/mol. The highest BCUT2D eigenvalue weighted by Crippen LogP contribution is 2.57. The average molecular weight is 628 g/mol. The first-order chi connectivity index (χ1) is 19.1. The maximum atomic E-state index is 15.8. The Hall–Kier alpha value is -2.04. The molecule has 2 heterocycles. The highest BCUT2D eigenvalue weighted by atomic mass is 35.5. The van der Waals surface area contributed by atoms with E-state index in [9.17, 15) is 23.9 Å². The first kappa shape index (κ1) is 30.4. The summed E-state index contributed by atoms with van der Waals surface area (Å²) in [5.41, 5.74) is -0.396. The Bertz CT molecular complexity index is 1430. The topological polar surface area (TPSA) is 137 Å². The Morgan fingerprint density at radius 2 is 1.95 bits per heavy atom. The molecule has 1 saturated carbocycles. The zero-order valence-corrected chi connectivity index (χ0v) is 25.2. The van der Waals surface area contributed by atoms with Crippen LogP contribution in [0, 0.1) is 11.2 Å². The largest absolute Gasteiger partial charge is 0.469 e. The number of rotatable bonds is 6. The molecule has 2 aromatic carbocycles. The third kappa shape index (κ3) is 5.80. The fourth-order valence-corrected chi connectivity index (χ4v) is 7.74. The molecule has 1 spiro atoms. The zero-order chi connectivity index (χ0) is 29.9. The first-order valence-electron chi connectivity index (χ1n) is 13.5. The molecule has 0 unspecified atom stereocenters. The summed E-state index contributed by atoms with van der Waals surface area (Å²) < 4.78 is 32.0. The highest BCUT2D eigenvalue weighted by Gasteiger charge is 2.66. The van der Waals surface area contributed by atoms with Crippen LogP contribution in [0.1, 0.15) is 63.5 Å². The van der Waals surface area contributed by atoms with Gasteiger partial charge in [0.25, 0.3) is 0 Å². The van der Waals surface area contributed by atoms with Crippen LogP contribution in [-0.4, -0.2) is 45.8 Å². The molecule has 13 heteroatoms. The molecule has 2 amide bonds. The van der Waals surface area contributed by atoms with Crippen LogP contribution in [0.4, 0.5) is 10.1 Å². The van der Waals surface area contributed by atoms with Crippen molar-refractivity contribution in [3.63, 3.8) is 0 Å². The number of halogens is 3. The van der Waals surface area contributed by atoms with Crippen LogP contribution < -0.4 is 16.0 Å². The molecule has 0 radical (unpaired) electrons. The highest BCUT2D eigenvalue weighted by molar-refractivity contribution is 7.46. The van der Waals surface area contributed by atoms with Crippen molar-refractivity contribution < 1.29 is 32.9 Å². The minimum absolute atomic E-state index is 0.126. The van der Waals surface area contributed by atoms with Gasteiger partial charge in [0, 0.05) is 28.7 Å². The Morgan fingerprint density at radius 3 is 2.63 bits per heavy atom. The maximum Gasteiger partial charge on any atom is 0.469 e. The van der Waals surface area contributed by atoms with E-state index < -0.39 is 55.1 Å². The maximum absolute atomic E-state index is 15.8. The van der Waals surface area contributed by atoms with Gasteiger partial charge in [0.15, 0.2) is 0 Å². The summed E-state index contributed by atoms with van der Waals surface area (Å²) in [6, 6.07) is 7.61. The van der Waals surface area contributed by atoms with Crippen molar-refractivity contribution in [3.05, 3.63) is 63.4 Å². The zero-order valence-electron chi connectivity index (χ0n) is 22.8. The molecule has 2 aliphatic heterocycles. The van der Waals surface area contributed by atoms with Crippen molar-refractivity contribution >= 4 is 48.5 Å². The van der Waals surface area contributed by atoms with Crippen LogP contribution in [0.3, 0.4) is 0 Å². The fraction of sp³-hybridized carbons (Fsp3) is 0.500. The lowest BCUT2D eigenvalue weighted by atomic mass is 9.62. The number of fused-ring (bicyclic) bond motifs is 2. The number of hydrogen-bond acceptors (Lipinski definition) is 5. The molecule has 0 aromatic heterocycles. The second kappa shape index (κ2) is 10.9. The van der Waals surface area contributed by atoms with Crippen molar-refractivity contribution in [3.8, 4) is 0 Å². The minimum Gasteiger partial charge on any atom is -0.352 e. The van der Waals surface area contributed by atoms with E-state index in [0.717, 1.165) is 0 Å². The number of phosphoric acid groups is 1. The number of nitrogens with one attached hydrogen (secondary N) is 3. The van der Waals surface area contributed by atoms with Gasteiger partial charge in [0.2, 0.25) is 11.8 Å². The summed E-state index contributed by atoms with van der Waals surface area (Å²) in [6.45, 7) is 6.08. The summed E-state index contributed by atoms with van der Waals surface area (Å²) in [5.74, 6) is -2.52. The van der Waals surface area contributed by atoms with Crippen molar-refractivity contribution in [2.24, 2.45) is 5.41 Å². The van der Waals surface area contributed by atoms with Crippen molar-refractivity contribution in [1.82, 2.24) is 10.6 Å². The van der Waals surface area contributed by atoms with E-state index in [4.69, 9.17) is 27.7 Å². The minimum atomic E-state index is -4.68. The van der Waals surface area contributed by atoms with Crippen molar-refractivity contribution in [2.75, 3.05) is 5.32 Å². The van der Waals surface area contributed by atoms with Gasteiger partial charge in [-0.05, 0) is 60.4 Å². The summed E-state index contributed by atoms with van der Waals surface area (Å²) >= 11 is 12.5. The monoisotopic (exact) mass is 627 g/mol. The van der Waals surface area contributed by atoms with E-state index in [-0.39, 0.29) is 28.3 Å². The molecule has 1 saturated heterocycles. The Labute approximate surface area is 247 Å². The lowest BCUT2D eigenvalue weighted by Gasteiger charge is -2.37. The van der Waals surface area contributed by atoms with Gasteiger partial charge >= 0.3 is 7.82 Å². The Kier molecular flexibility index (Phi) is 8.09. The van der Waals surface area contributed by atoms with Gasteiger partial charge < -0.3 is 25.7 Å². The molecule has 2 aromatic rings. The van der Waals surface area contributed by atoms with Gasteiger partial charge in [-0.15, -0.1) is 0 Å². The standard InChI is InChI=1S/C28H33Cl2FN3O6P/c1-27(2,3)13-21-28(18-10-7-14(29)11-20(18)33-26(28)36)22(17-5-4-6-19(30)23(17)31)24(34-21)25(35)32-15-8-9-16(12-15)40-41(37,38)39/h4-7,10-11,15-16,21-22,24,34H,8-9,12-13H2,1-3H3,(H,32,35)(H,33,36)(H2,37,38,39)/t15-,16+,21+,22-,24+,28-/m0/s1. The summed E-state index contributed by atoms with van der Waals surface area (Å²) in [4.78, 5) is 46.6. The predicted octanol–water partition coefficient (Wildman–Crippen LogP) is 5.03. The molecule has 5 N–H and O–H groups in total. The van der Waals surface area contributed by atoms with Crippen molar-refractivity contribution in [1.29, 1.82) is 0 Å².